The standard InChI is InChI=1S/C17H16Br4O3/c1-9-3-12(18)16(13(19)4-9)23-7-11(22)8-24-17-14(20)5-10(2)6-15(17)21/h3-6,11,22H,7-8H2,1-2H3. The van der Waals surface area contributed by atoms with Crippen molar-refractivity contribution in [2.75, 3.05) is 13.2 Å². The third-order valence-corrected chi connectivity index (χ3v) is 5.48. The molecular formula is C17H16Br4O3. The summed E-state index contributed by atoms with van der Waals surface area (Å²) in [6, 6.07) is 7.85. The number of aryl methyl sites for hydroxylation is 2. The van der Waals surface area contributed by atoms with Crippen molar-refractivity contribution in [1.82, 2.24) is 0 Å². The van der Waals surface area contributed by atoms with Crippen LogP contribution < -0.4 is 9.47 Å². The molecule has 0 atom stereocenters. The highest BCUT2D eigenvalue weighted by molar-refractivity contribution is 9.11. The normalized spacial score (nSPS) is 11.0. The molecule has 24 heavy (non-hydrogen) atoms. The Morgan fingerprint density at radius 1 is 0.750 bits per heavy atom. The van der Waals surface area contributed by atoms with E-state index in [1.165, 1.54) is 0 Å². The van der Waals surface area contributed by atoms with Crippen molar-refractivity contribution >= 4 is 63.7 Å². The summed E-state index contributed by atoms with van der Waals surface area (Å²) in [4.78, 5) is 0. The van der Waals surface area contributed by atoms with Crippen LogP contribution >= 0.6 is 63.7 Å². The Labute approximate surface area is 175 Å². The fourth-order valence-electron chi connectivity index (χ4n) is 2.06. The first-order valence-electron chi connectivity index (χ1n) is 7.13. The molecule has 1 N–H and O–H groups in total. The predicted octanol–water partition coefficient (Wildman–Crippen LogP) is 6.17. The minimum Gasteiger partial charge on any atom is -0.488 e. The maximum atomic E-state index is 10.1. The lowest BCUT2D eigenvalue weighted by molar-refractivity contribution is 0.0616. The Hall–Kier alpha value is -0.0800. The number of hydrogen-bond donors (Lipinski definition) is 1. The molecule has 2 aromatic rings. The van der Waals surface area contributed by atoms with Gasteiger partial charge in [-0.1, -0.05) is 0 Å². The summed E-state index contributed by atoms with van der Waals surface area (Å²) in [6.45, 7) is 4.25. The van der Waals surface area contributed by atoms with Crippen molar-refractivity contribution in [3.8, 4) is 11.5 Å². The van der Waals surface area contributed by atoms with Gasteiger partial charge in [-0.05, 0) is 113 Å². The zero-order valence-corrected chi connectivity index (χ0v) is 19.4. The maximum absolute atomic E-state index is 10.1. The van der Waals surface area contributed by atoms with Crippen molar-refractivity contribution in [2.24, 2.45) is 0 Å². The van der Waals surface area contributed by atoms with E-state index in [1.807, 2.05) is 38.1 Å². The van der Waals surface area contributed by atoms with Gasteiger partial charge in [-0.15, -0.1) is 0 Å². The van der Waals surface area contributed by atoms with Gasteiger partial charge in [0.15, 0.2) is 0 Å². The van der Waals surface area contributed by atoms with E-state index in [2.05, 4.69) is 63.7 Å². The van der Waals surface area contributed by atoms with Crippen LogP contribution in [0.15, 0.2) is 42.2 Å². The fraction of sp³-hybridized carbons (Fsp3) is 0.294. The van der Waals surface area contributed by atoms with Crippen molar-refractivity contribution in [1.29, 1.82) is 0 Å². The molecule has 0 heterocycles. The molecule has 0 saturated heterocycles. The first-order chi connectivity index (χ1) is 11.3. The van der Waals surface area contributed by atoms with Gasteiger partial charge >= 0.3 is 0 Å². The van der Waals surface area contributed by atoms with Crippen molar-refractivity contribution in [3.05, 3.63) is 53.3 Å². The Morgan fingerprint density at radius 2 is 1.04 bits per heavy atom. The SMILES string of the molecule is Cc1cc(Br)c(OCC(O)COc2c(Br)cc(C)cc2Br)c(Br)c1. The second-order valence-electron chi connectivity index (χ2n) is 5.39. The Kier molecular flexibility index (Phi) is 7.61. The lowest BCUT2D eigenvalue weighted by Gasteiger charge is -2.17. The molecule has 7 heteroatoms. The molecule has 0 aliphatic heterocycles. The highest BCUT2D eigenvalue weighted by atomic mass is 79.9. The molecule has 0 aliphatic carbocycles. The number of ether oxygens (including phenoxy) is 2. The molecule has 0 unspecified atom stereocenters. The van der Waals surface area contributed by atoms with Gasteiger partial charge in [0.1, 0.15) is 30.8 Å². The molecule has 0 saturated carbocycles. The largest absolute Gasteiger partial charge is 0.488 e. The van der Waals surface area contributed by atoms with Gasteiger partial charge in [0.25, 0.3) is 0 Å². The molecule has 3 nitrogen and oxygen atoms in total. The molecular weight excluding hydrogens is 572 g/mol. The summed E-state index contributed by atoms with van der Waals surface area (Å²) in [6.07, 6.45) is -0.759. The second kappa shape index (κ2) is 9.03. The van der Waals surface area contributed by atoms with E-state index < -0.39 is 6.10 Å². The van der Waals surface area contributed by atoms with E-state index in [1.54, 1.807) is 0 Å². The van der Waals surface area contributed by atoms with Crippen LogP contribution in [0.25, 0.3) is 0 Å². The summed E-state index contributed by atoms with van der Waals surface area (Å²) >= 11 is 13.9. The number of aliphatic hydroxyl groups excluding tert-OH is 1. The van der Waals surface area contributed by atoms with Crippen LogP contribution in [0.3, 0.4) is 0 Å². The lowest BCUT2D eigenvalue weighted by atomic mass is 10.2. The molecule has 2 aromatic carbocycles. The van der Waals surface area contributed by atoms with E-state index >= 15 is 0 Å². The Bertz CT molecular complexity index is 626. The number of aliphatic hydroxyl groups is 1. The highest BCUT2D eigenvalue weighted by Gasteiger charge is 2.14. The number of benzene rings is 2. The van der Waals surface area contributed by atoms with Gasteiger partial charge in [-0.25, -0.2) is 0 Å². The van der Waals surface area contributed by atoms with Crippen molar-refractivity contribution in [2.45, 2.75) is 20.0 Å². The molecule has 0 amide bonds. The zero-order chi connectivity index (χ0) is 17.9. The topological polar surface area (TPSA) is 38.7 Å². The van der Waals surface area contributed by atoms with E-state index in [-0.39, 0.29) is 13.2 Å². The first kappa shape index (κ1) is 20.2. The molecule has 0 fully saturated rings. The van der Waals surface area contributed by atoms with Gasteiger partial charge < -0.3 is 14.6 Å². The summed E-state index contributed by atoms with van der Waals surface area (Å²) in [7, 11) is 0. The van der Waals surface area contributed by atoms with E-state index in [4.69, 9.17) is 9.47 Å². The van der Waals surface area contributed by atoms with E-state index in [0.29, 0.717) is 11.5 Å². The van der Waals surface area contributed by atoms with E-state index in [9.17, 15) is 5.11 Å². The molecule has 0 bridgehead atoms. The maximum Gasteiger partial charge on any atom is 0.147 e. The van der Waals surface area contributed by atoms with Crippen LogP contribution in [0.2, 0.25) is 0 Å². The molecule has 0 aliphatic rings. The second-order valence-corrected chi connectivity index (χ2v) is 8.81. The van der Waals surface area contributed by atoms with Crippen molar-refractivity contribution < 1.29 is 14.6 Å². The Morgan fingerprint density at radius 3 is 1.33 bits per heavy atom. The average Bonchev–Trinajstić information content (AvgIpc) is 2.44. The summed E-state index contributed by atoms with van der Waals surface area (Å²) in [5.74, 6) is 1.33. The summed E-state index contributed by atoms with van der Waals surface area (Å²) in [5, 5.41) is 10.1. The van der Waals surface area contributed by atoms with Gasteiger partial charge in [0.05, 0.1) is 17.9 Å². The average molecular weight is 588 g/mol. The van der Waals surface area contributed by atoms with Crippen LogP contribution in [-0.4, -0.2) is 24.4 Å². The monoisotopic (exact) mass is 584 g/mol. The Balaban J connectivity index is 1.94. The molecule has 130 valence electrons. The number of hydrogen-bond acceptors (Lipinski definition) is 3. The molecule has 0 radical (unpaired) electrons. The zero-order valence-electron chi connectivity index (χ0n) is 13.1. The molecule has 0 spiro atoms. The minimum absolute atomic E-state index is 0.126. The predicted molar refractivity (Wildman–Crippen MR) is 110 cm³/mol. The van der Waals surface area contributed by atoms with Crippen molar-refractivity contribution in [3.63, 3.8) is 0 Å². The van der Waals surface area contributed by atoms with Crippen LogP contribution in [0.1, 0.15) is 11.1 Å². The third kappa shape index (κ3) is 5.46. The summed E-state index contributed by atoms with van der Waals surface area (Å²) in [5.41, 5.74) is 2.22. The molecule has 2 rings (SSSR count). The van der Waals surface area contributed by atoms with E-state index in [0.717, 1.165) is 29.0 Å². The van der Waals surface area contributed by atoms with Crippen LogP contribution in [-0.2, 0) is 0 Å². The summed E-state index contributed by atoms with van der Waals surface area (Å²) < 4.78 is 14.8. The molecule has 0 aromatic heterocycles. The minimum atomic E-state index is -0.759. The number of rotatable bonds is 6. The van der Waals surface area contributed by atoms with Crippen LogP contribution in [0.5, 0.6) is 11.5 Å². The van der Waals surface area contributed by atoms with Crippen LogP contribution in [0, 0.1) is 13.8 Å². The third-order valence-electron chi connectivity index (χ3n) is 3.13. The van der Waals surface area contributed by atoms with Gasteiger partial charge in [-0.3, -0.25) is 0 Å². The van der Waals surface area contributed by atoms with Gasteiger partial charge in [0.2, 0.25) is 0 Å². The highest BCUT2D eigenvalue weighted by Crippen LogP contribution is 2.36. The fourth-order valence-corrected chi connectivity index (χ4v) is 5.34. The number of halogens is 4. The first-order valence-corrected chi connectivity index (χ1v) is 10.3. The van der Waals surface area contributed by atoms with Gasteiger partial charge in [0, 0.05) is 0 Å². The van der Waals surface area contributed by atoms with Gasteiger partial charge in [-0.2, -0.15) is 0 Å². The smallest absolute Gasteiger partial charge is 0.147 e. The lowest BCUT2D eigenvalue weighted by Crippen LogP contribution is -2.25. The quantitative estimate of drug-likeness (QED) is 0.439. The van der Waals surface area contributed by atoms with Crippen LogP contribution in [0.4, 0.5) is 0 Å².